The number of amides is 1. The van der Waals surface area contributed by atoms with E-state index in [0.717, 1.165) is 24.1 Å². The molecule has 0 aliphatic rings. The molecule has 134 valence electrons. The van der Waals surface area contributed by atoms with Crippen LogP contribution in [0.5, 0.6) is 0 Å². The largest absolute Gasteiger partial charge is 0.416 e. The number of rotatable bonds is 5. The van der Waals surface area contributed by atoms with E-state index in [2.05, 4.69) is 0 Å². The van der Waals surface area contributed by atoms with Gasteiger partial charge in [0.15, 0.2) is 0 Å². The molecule has 5 nitrogen and oxygen atoms in total. The minimum Gasteiger partial charge on any atom is -0.273 e. The highest BCUT2D eigenvalue weighted by Crippen LogP contribution is 2.29. The van der Waals surface area contributed by atoms with Gasteiger partial charge in [0.2, 0.25) is 0 Å². The van der Waals surface area contributed by atoms with Gasteiger partial charge in [-0.25, -0.2) is 8.42 Å². The van der Waals surface area contributed by atoms with Gasteiger partial charge in [0.25, 0.3) is 15.9 Å². The molecule has 9 heteroatoms. The maximum Gasteiger partial charge on any atom is 0.416 e. The molecule has 0 atom stereocenters. The summed E-state index contributed by atoms with van der Waals surface area (Å²) < 4.78 is 61.5. The first-order chi connectivity index (χ1) is 11.6. The molecule has 2 aromatic rings. The molecule has 25 heavy (non-hydrogen) atoms. The smallest absolute Gasteiger partial charge is 0.273 e. The lowest BCUT2D eigenvalue weighted by Gasteiger charge is -2.10. The summed E-state index contributed by atoms with van der Waals surface area (Å²) in [6.45, 7) is 1.95. The Kier molecular flexibility index (Phi) is 5.48. The highest BCUT2D eigenvalue weighted by atomic mass is 32.2. The number of alkyl halides is 3. The third kappa shape index (κ3) is 4.80. The van der Waals surface area contributed by atoms with E-state index in [4.69, 9.17) is 0 Å². The fourth-order valence-electron chi connectivity index (χ4n) is 1.96. The highest BCUT2D eigenvalue weighted by Gasteiger charge is 2.30. The SMILES string of the molecule is CCc1ccc(C(=O)NNS(=O)(=O)c2ccc(C(F)(F)F)cc2)cc1. The summed E-state index contributed by atoms with van der Waals surface area (Å²) >= 11 is 0. The van der Waals surface area contributed by atoms with Crippen LogP contribution in [0.3, 0.4) is 0 Å². The summed E-state index contributed by atoms with van der Waals surface area (Å²) in [5.41, 5.74) is 2.31. The third-order valence-electron chi connectivity index (χ3n) is 3.42. The molecule has 0 radical (unpaired) electrons. The van der Waals surface area contributed by atoms with Crippen molar-refractivity contribution in [2.24, 2.45) is 0 Å². The van der Waals surface area contributed by atoms with E-state index in [1.54, 1.807) is 24.3 Å². The zero-order chi connectivity index (χ0) is 18.7. The van der Waals surface area contributed by atoms with Crippen LogP contribution in [0, 0.1) is 0 Å². The van der Waals surface area contributed by atoms with E-state index in [0.29, 0.717) is 12.1 Å². The quantitative estimate of drug-likeness (QED) is 0.793. The Labute approximate surface area is 142 Å². The van der Waals surface area contributed by atoms with E-state index in [-0.39, 0.29) is 5.56 Å². The molecular formula is C16H15F3N2O3S. The van der Waals surface area contributed by atoms with Crippen molar-refractivity contribution >= 4 is 15.9 Å². The van der Waals surface area contributed by atoms with Gasteiger partial charge in [-0.1, -0.05) is 19.1 Å². The second-order valence-electron chi connectivity index (χ2n) is 5.13. The number of carbonyl (C=O) groups is 1. The Hall–Kier alpha value is -2.39. The fraction of sp³-hybridized carbons (Fsp3) is 0.188. The van der Waals surface area contributed by atoms with Gasteiger partial charge in [-0.2, -0.15) is 13.2 Å². The van der Waals surface area contributed by atoms with E-state index in [1.165, 1.54) is 0 Å². The Bertz CT molecular complexity index is 846. The third-order valence-corrected chi connectivity index (χ3v) is 4.68. The number of nitrogens with one attached hydrogen (secondary N) is 2. The number of sulfonamides is 1. The Morgan fingerprint density at radius 2 is 1.56 bits per heavy atom. The summed E-state index contributed by atoms with van der Waals surface area (Å²) in [6, 6.07) is 9.49. The van der Waals surface area contributed by atoms with Gasteiger partial charge in [-0.05, 0) is 48.4 Å². The first kappa shape index (κ1) is 18.9. The van der Waals surface area contributed by atoms with Crippen molar-refractivity contribution in [3.8, 4) is 0 Å². The lowest BCUT2D eigenvalue weighted by Crippen LogP contribution is -2.41. The first-order valence-electron chi connectivity index (χ1n) is 7.22. The lowest BCUT2D eigenvalue weighted by molar-refractivity contribution is -0.137. The summed E-state index contributed by atoms with van der Waals surface area (Å²) in [5.74, 6) is -0.682. The van der Waals surface area contributed by atoms with Gasteiger partial charge in [-0.15, -0.1) is 4.83 Å². The molecular weight excluding hydrogens is 357 g/mol. The van der Waals surface area contributed by atoms with Crippen LogP contribution in [0.4, 0.5) is 13.2 Å². The molecule has 2 N–H and O–H groups in total. The molecule has 0 bridgehead atoms. The summed E-state index contributed by atoms with van der Waals surface area (Å²) in [7, 11) is -4.19. The monoisotopic (exact) mass is 372 g/mol. The minimum atomic E-state index is -4.56. The van der Waals surface area contributed by atoms with Crippen molar-refractivity contribution in [3.05, 3.63) is 65.2 Å². The normalized spacial score (nSPS) is 12.0. The molecule has 0 saturated carbocycles. The Balaban J connectivity index is 2.06. The summed E-state index contributed by atoms with van der Waals surface area (Å²) in [6.07, 6.45) is -3.77. The number of benzene rings is 2. The Morgan fingerprint density at radius 1 is 1.00 bits per heavy atom. The van der Waals surface area contributed by atoms with Crippen LogP contribution in [0.15, 0.2) is 53.4 Å². The average molecular weight is 372 g/mol. The molecule has 0 unspecified atom stereocenters. The van der Waals surface area contributed by atoms with Crippen molar-refractivity contribution in [2.45, 2.75) is 24.4 Å². The minimum absolute atomic E-state index is 0.243. The van der Waals surface area contributed by atoms with Crippen molar-refractivity contribution in [2.75, 3.05) is 0 Å². The lowest BCUT2D eigenvalue weighted by atomic mass is 10.1. The number of carbonyl (C=O) groups excluding carboxylic acids is 1. The van der Waals surface area contributed by atoms with Crippen LogP contribution in [-0.4, -0.2) is 14.3 Å². The Morgan fingerprint density at radius 3 is 2.04 bits per heavy atom. The van der Waals surface area contributed by atoms with Crippen molar-refractivity contribution < 1.29 is 26.4 Å². The van der Waals surface area contributed by atoms with E-state index >= 15 is 0 Å². The molecule has 0 spiro atoms. The number of hydrogen-bond donors (Lipinski definition) is 2. The van der Waals surface area contributed by atoms with Crippen LogP contribution in [0.1, 0.15) is 28.4 Å². The molecule has 2 aromatic carbocycles. The maximum atomic E-state index is 12.5. The average Bonchev–Trinajstić information content (AvgIpc) is 2.59. The van der Waals surface area contributed by atoms with Crippen LogP contribution in [0.2, 0.25) is 0 Å². The van der Waals surface area contributed by atoms with E-state index < -0.39 is 32.6 Å². The molecule has 0 heterocycles. The predicted molar refractivity (Wildman–Crippen MR) is 85.1 cm³/mol. The topological polar surface area (TPSA) is 75.3 Å². The van der Waals surface area contributed by atoms with Gasteiger partial charge in [0.1, 0.15) is 0 Å². The van der Waals surface area contributed by atoms with Gasteiger partial charge >= 0.3 is 6.18 Å². The van der Waals surface area contributed by atoms with Gasteiger partial charge in [0, 0.05) is 5.56 Å². The van der Waals surface area contributed by atoms with Gasteiger partial charge < -0.3 is 0 Å². The summed E-state index contributed by atoms with van der Waals surface area (Å²) in [4.78, 5) is 13.4. The molecule has 0 fully saturated rings. The highest BCUT2D eigenvalue weighted by molar-refractivity contribution is 7.89. The molecule has 2 rings (SSSR count). The van der Waals surface area contributed by atoms with Crippen LogP contribution in [0.25, 0.3) is 0 Å². The number of halogens is 3. The molecule has 0 aliphatic carbocycles. The van der Waals surface area contributed by atoms with Crippen LogP contribution < -0.4 is 10.3 Å². The molecule has 0 aliphatic heterocycles. The van der Waals surface area contributed by atoms with Crippen LogP contribution >= 0.6 is 0 Å². The van der Waals surface area contributed by atoms with E-state index in [1.807, 2.05) is 17.2 Å². The predicted octanol–water partition coefficient (Wildman–Crippen LogP) is 2.89. The van der Waals surface area contributed by atoms with Crippen molar-refractivity contribution in [1.29, 1.82) is 0 Å². The maximum absolute atomic E-state index is 12.5. The van der Waals surface area contributed by atoms with Crippen molar-refractivity contribution in [1.82, 2.24) is 10.3 Å². The second-order valence-corrected chi connectivity index (χ2v) is 6.81. The molecule has 0 aromatic heterocycles. The van der Waals surface area contributed by atoms with Gasteiger partial charge in [0.05, 0.1) is 10.5 Å². The zero-order valence-corrected chi connectivity index (χ0v) is 13.9. The number of hydrogen-bond acceptors (Lipinski definition) is 3. The fourth-order valence-corrected chi connectivity index (χ4v) is 2.80. The van der Waals surface area contributed by atoms with Crippen LogP contribution in [-0.2, 0) is 22.6 Å². The first-order valence-corrected chi connectivity index (χ1v) is 8.70. The number of hydrazine groups is 1. The standard InChI is InChI=1S/C16H15F3N2O3S/c1-2-11-3-5-12(6-4-11)15(22)20-21-25(23,24)14-9-7-13(8-10-14)16(17,18)19/h3-10,21H,2H2,1H3,(H,20,22). The summed E-state index contributed by atoms with van der Waals surface area (Å²) in [5, 5.41) is 0. The number of aryl methyl sites for hydroxylation is 1. The van der Waals surface area contributed by atoms with E-state index in [9.17, 15) is 26.4 Å². The van der Waals surface area contributed by atoms with Gasteiger partial charge in [-0.3, -0.25) is 10.2 Å². The second kappa shape index (κ2) is 7.24. The van der Waals surface area contributed by atoms with Crippen molar-refractivity contribution in [3.63, 3.8) is 0 Å². The molecule has 1 amide bonds. The zero-order valence-electron chi connectivity index (χ0n) is 13.1. The molecule has 0 saturated heterocycles.